The Bertz CT molecular complexity index is 1990. The van der Waals surface area contributed by atoms with Gasteiger partial charge in [0.1, 0.15) is 19.3 Å². The van der Waals surface area contributed by atoms with E-state index in [1.165, 1.54) is 218 Å². The Kier molecular flexibility index (Phi) is 70.6. The van der Waals surface area contributed by atoms with Crippen molar-refractivity contribution >= 4 is 39.5 Å². The van der Waals surface area contributed by atoms with Gasteiger partial charge in [-0.3, -0.25) is 37.3 Å². The second kappa shape index (κ2) is 72.0. The number of carbonyl (C=O) groups excluding carboxylic acids is 4. The lowest BCUT2D eigenvalue weighted by atomic mass is 9.99. The molecule has 0 bridgehead atoms. The van der Waals surface area contributed by atoms with E-state index in [9.17, 15) is 43.2 Å². The molecule has 0 amide bonds. The molecular weight excluding hydrogens is 1330 g/mol. The first-order valence-corrected chi connectivity index (χ1v) is 45.8. The topological polar surface area (TPSA) is 237 Å². The van der Waals surface area contributed by atoms with Crippen molar-refractivity contribution in [3.05, 3.63) is 0 Å². The van der Waals surface area contributed by atoms with Crippen LogP contribution in [0.4, 0.5) is 0 Å². The lowest BCUT2D eigenvalue weighted by Gasteiger charge is -2.21. The zero-order chi connectivity index (χ0) is 75.3. The summed E-state index contributed by atoms with van der Waals surface area (Å²) in [6, 6.07) is 0. The number of hydrogen-bond acceptors (Lipinski definition) is 15. The van der Waals surface area contributed by atoms with Crippen LogP contribution in [0.5, 0.6) is 0 Å². The molecule has 0 aliphatic carbocycles. The Labute approximate surface area is 626 Å². The normalized spacial score (nSPS) is 14.5. The highest BCUT2D eigenvalue weighted by Gasteiger charge is 2.30. The fourth-order valence-electron chi connectivity index (χ4n) is 12.7. The van der Waals surface area contributed by atoms with E-state index in [1.54, 1.807) is 0 Å². The summed E-state index contributed by atoms with van der Waals surface area (Å²) in [5.41, 5.74) is 0. The molecule has 606 valence electrons. The van der Waals surface area contributed by atoms with Gasteiger partial charge in [-0.25, -0.2) is 9.13 Å². The molecule has 0 aliphatic heterocycles. The molecule has 0 saturated heterocycles. The molecule has 5 unspecified atom stereocenters. The van der Waals surface area contributed by atoms with Crippen LogP contribution in [0, 0.1) is 23.7 Å². The van der Waals surface area contributed by atoms with Crippen LogP contribution < -0.4 is 0 Å². The van der Waals surface area contributed by atoms with Gasteiger partial charge in [0.25, 0.3) is 0 Å². The van der Waals surface area contributed by atoms with E-state index in [0.717, 1.165) is 120 Å². The highest BCUT2D eigenvalue weighted by molar-refractivity contribution is 7.47. The maximum atomic E-state index is 13.1. The van der Waals surface area contributed by atoms with Crippen LogP contribution in [0.3, 0.4) is 0 Å². The van der Waals surface area contributed by atoms with Gasteiger partial charge < -0.3 is 33.8 Å². The first-order valence-electron chi connectivity index (χ1n) is 42.8. The largest absolute Gasteiger partial charge is 0.472 e. The number of hydrogen-bond donors (Lipinski definition) is 3. The van der Waals surface area contributed by atoms with Crippen LogP contribution in [-0.2, 0) is 65.4 Å². The molecule has 17 nitrogen and oxygen atoms in total. The average Bonchev–Trinajstić information content (AvgIpc) is 0.925. The lowest BCUT2D eigenvalue weighted by Crippen LogP contribution is -2.30. The maximum absolute atomic E-state index is 13.1. The first kappa shape index (κ1) is 100. The number of unbranched alkanes of at least 4 members (excludes halogenated alkanes) is 44. The average molecular weight is 1490 g/mol. The summed E-state index contributed by atoms with van der Waals surface area (Å²) in [6.45, 7) is 14.2. The monoisotopic (exact) mass is 1490 g/mol. The summed E-state index contributed by atoms with van der Waals surface area (Å²) in [4.78, 5) is 73.0. The molecule has 19 heteroatoms. The number of aliphatic hydroxyl groups is 1. The molecule has 0 aromatic carbocycles. The quantitative estimate of drug-likeness (QED) is 0.0222. The molecule has 0 fully saturated rings. The fraction of sp³-hybridized carbons (Fsp3) is 0.952. The zero-order valence-electron chi connectivity index (χ0n) is 67.2. The molecule has 0 heterocycles. The Morgan fingerprint density at radius 3 is 0.696 bits per heavy atom. The van der Waals surface area contributed by atoms with E-state index in [-0.39, 0.29) is 25.7 Å². The number of esters is 4. The third-order valence-electron chi connectivity index (χ3n) is 20.0. The number of aliphatic hydroxyl groups excluding tert-OH is 1. The van der Waals surface area contributed by atoms with Crippen molar-refractivity contribution in [2.45, 2.75) is 446 Å². The molecule has 0 rings (SSSR count). The highest BCUT2D eigenvalue weighted by Crippen LogP contribution is 2.45. The molecule has 0 spiro atoms. The standard InChI is InChI=1S/C83H162O17P2/c1-9-75(7)61-53-45-36-32-28-24-20-16-12-14-18-22-26-30-34-38-50-58-66-83(88)100-79(70-94-81(86)64-56-48-42-40-46-54-62-76(8)10-2)72-98-102(91,92)96-68-77(84)67-95-101(89,90)97-71-78(69-93-80(85)63-55-47-41-39-44-52-60-74(5)6)99-82(87)65-57-49-37-33-29-25-21-17-13-11-15-19-23-27-31-35-43-51-59-73(3)4/h73-79,84H,9-72H2,1-8H3,(H,89,90)(H,91,92)/t75?,76?,77?,78-,79-/m1/s1. The predicted octanol–water partition coefficient (Wildman–Crippen LogP) is 24.8. The van der Waals surface area contributed by atoms with Crippen LogP contribution >= 0.6 is 15.6 Å². The van der Waals surface area contributed by atoms with Gasteiger partial charge in [0.15, 0.2) is 12.2 Å². The molecule has 3 N–H and O–H groups in total. The third kappa shape index (κ3) is 73.6. The van der Waals surface area contributed by atoms with Gasteiger partial charge in [0, 0.05) is 25.7 Å². The van der Waals surface area contributed by atoms with E-state index in [4.69, 9.17) is 37.0 Å². The van der Waals surface area contributed by atoms with Crippen LogP contribution in [-0.4, -0.2) is 96.7 Å². The van der Waals surface area contributed by atoms with E-state index in [2.05, 4.69) is 55.4 Å². The van der Waals surface area contributed by atoms with Gasteiger partial charge in [0.2, 0.25) is 0 Å². The number of rotatable bonds is 80. The Morgan fingerprint density at radius 1 is 0.275 bits per heavy atom. The Hall–Kier alpha value is -1.94. The van der Waals surface area contributed by atoms with E-state index in [0.29, 0.717) is 31.6 Å². The second-order valence-corrected chi connectivity index (χ2v) is 34.2. The minimum atomic E-state index is -4.96. The number of ether oxygens (including phenoxy) is 4. The molecule has 0 aliphatic rings. The van der Waals surface area contributed by atoms with Gasteiger partial charge in [-0.1, -0.05) is 376 Å². The van der Waals surface area contributed by atoms with Crippen LogP contribution in [0.15, 0.2) is 0 Å². The number of phosphoric acid groups is 2. The molecule has 0 radical (unpaired) electrons. The van der Waals surface area contributed by atoms with Crippen molar-refractivity contribution < 1.29 is 80.2 Å². The fourth-order valence-corrected chi connectivity index (χ4v) is 14.3. The third-order valence-corrected chi connectivity index (χ3v) is 21.9. The molecule has 7 atom stereocenters. The van der Waals surface area contributed by atoms with Crippen molar-refractivity contribution in [3.8, 4) is 0 Å². The molecule has 0 aromatic heterocycles. The Morgan fingerprint density at radius 2 is 0.471 bits per heavy atom. The molecule has 102 heavy (non-hydrogen) atoms. The highest BCUT2D eigenvalue weighted by atomic mass is 31.2. The zero-order valence-corrected chi connectivity index (χ0v) is 69.0. The minimum Gasteiger partial charge on any atom is -0.462 e. The van der Waals surface area contributed by atoms with Crippen LogP contribution in [0.1, 0.15) is 428 Å². The van der Waals surface area contributed by atoms with Crippen molar-refractivity contribution in [2.24, 2.45) is 23.7 Å². The summed E-state index contributed by atoms with van der Waals surface area (Å²) in [5, 5.41) is 10.6. The van der Waals surface area contributed by atoms with Gasteiger partial charge in [-0.15, -0.1) is 0 Å². The number of phosphoric ester groups is 2. The summed E-state index contributed by atoms with van der Waals surface area (Å²) in [5.74, 6) is 0.984. The predicted molar refractivity (Wildman–Crippen MR) is 418 cm³/mol. The van der Waals surface area contributed by atoms with Gasteiger partial charge in [0.05, 0.1) is 26.4 Å². The smallest absolute Gasteiger partial charge is 0.462 e. The lowest BCUT2D eigenvalue weighted by molar-refractivity contribution is -0.161. The molecule has 0 aromatic rings. The van der Waals surface area contributed by atoms with Gasteiger partial charge in [-0.2, -0.15) is 0 Å². The summed E-state index contributed by atoms with van der Waals surface area (Å²) >= 11 is 0. The summed E-state index contributed by atoms with van der Waals surface area (Å²) < 4.78 is 68.7. The van der Waals surface area contributed by atoms with Crippen LogP contribution in [0.2, 0.25) is 0 Å². The van der Waals surface area contributed by atoms with Crippen molar-refractivity contribution in [3.63, 3.8) is 0 Å². The molecule has 0 saturated carbocycles. The second-order valence-electron chi connectivity index (χ2n) is 31.3. The van der Waals surface area contributed by atoms with Gasteiger partial charge >= 0.3 is 39.5 Å². The van der Waals surface area contributed by atoms with Gasteiger partial charge in [-0.05, 0) is 49.4 Å². The van der Waals surface area contributed by atoms with E-state index in [1.807, 2.05) is 0 Å². The maximum Gasteiger partial charge on any atom is 0.472 e. The van der Waals surface area contributed by atoms with Crippen LogP contribution in [0.25, 0.3) is 0 Å². The SMILES string of the molecule is CCC(C)CCCCCCCCCCCCCCCCCCCCC(=O)O[C@H](COC(=O)CCCCCCCCC(C)CC)COP(=O)(O)OCC(O)COP(=O)(O)OC[C@@H](COC(=O)CCCCCCCCC(C)C)OC(=O)CCCCCCCCCCCCCCCCCCCCC(C)C. The van der Waals surface area contributed by atoms with E-state index >= 15 is 0 Å². The summed E-state index contributed by atoms with van der Waals surface area (Å²) in [6.07, 6.45) is 60.1. The van der Waals surface area contributed by atoms with E-state index < -0.39 is 97.5 Å². The van der Waals surface area contributed by atoms with Crippen molar-refractivity contribution in [2.75, 3.05) is 39.6 Å². The minimum absolute atomic E-state index is 0.107. The molecular formula is C83H162O17P2. The summed E-state index contributed by atoms with van der Waals surface area (Å²) in [7, 11) is -9.92. The van der Waals surface area contributed by atoms with Crippen molar-refractivity contribution in [1.29, 1.82) is 0 Å². The number of carbonyl (C=O) groups is 4. The first-order chi connectivity index (χ1) is 49.2. The Balaban J connectivity index is 5.12. The van der Waals surface area contributed by atoms with Crippen molar-refractivity contribution in [1.82, 2.24) is 0 Å².